The summed E-state index contributed by atoms with van der Waals surface area (Å²) in [6, 6.07) is 21.0. The molecule has 2 atom stereocenters. The molecule has 0 fully saturated rings. The zero-order valence-electron chi connectivity index (χ0n) is 30.0. The van der Waals surface area contributed by atoms with Crippen molar-refractivity contribution in [2.75, 3.05) is 7.11 Å². The predicted octanol–water partition coefficient (Wildman–Crippen LogP) is 8.82. The molecule has 11 nitrogen and oxygen atoms in total. The van der Waals surface area contributed by atoms with Gasteiger partial charge in [-0.05, 0) is 53.6 Å². The second-order valence-corrected chi connectivity index (χ2v) is 13.9. The van der Waals surface area contributed by atoms with Crippen molar-refractivity contribution in [3.8, 4) is 26.9 Å². The third kappa shape index (κ3) is 11.1. The number of aromatic nitrogens is 2. The molecule has 6 rings (SSSR count). The van der Waals surface area contributed by atoms with Gasteiger partial charge in [-0.2, -0.15) is 13.2 Å². The van der Waals surface area contributed by atoms with Crippen LogP contribution in [0.25, 0.3) is 21.1 Å². The molecule has 0 bridgehead atoms. The number of methoxy groups -OCH3 is 1. The van der Waals surface area contributed by atoms with E-state index in [1.54, 1.807) is 48.5 Å². The van der Waals surface area contributed by atoms with Gasteiger partial charge in [0.25, 0.3) is 11.8 Å². The molecule has 0 aliphatic heterocycles. The standard InChI is InChI=1S/C20H14F4N2O3S.C20H17FN2O4S/c21-14-8-4-2-6-12(14)19-26-16(10-30-19)18(29)25-15(9-17(27)28)11-5-1-3-7-13(11)20(22,23)24;1-27-13-6-4-5-12(9-13)16(10-18(24)25)22-19(26)17-11-28-20(23-17)14-7-2-3-8-15(14)21/h1-8,10,15H,9H2,(H,25,29)(H,27,28);2-9,11,16H,10H2,1H3,(H,22,26)(H,24,25)/t15-;16-/m00/s1. The van der Waals surface area contributed by atoms with E-state index in [-0.39, 0.29) is 33.9 Å². The van der Waals surface area contributed by atoms with E-state index >= 15 is 0 Å². The fourth-order valence-corrected chi connectivity index (χ4v) is 7.15. The number of hydrogen-bond acceptors (Lipinski definition) is 9. The lowest BCUT2D eigenvalue weighted by Crippen LogP contribution is -2.32. The summed E-state index contributed by atoms with van der Waals surface area (Å²) in [6.07, 6.45) is -5.79. The first-order chi connectivity index (χ1) is 27.6. The Bertz CT molecular complexity index is 2420. The average Bonchev–Trinajstić information content (AvgIpc) is 3.89. The maximum Gasteiger partial charge on any atom is 0.416 e. The Labute approximate surface area is 334 Å². The number of carboxylic acids is 2. The molecule has 2 amide bonds. The highest BCUT2D eigenvalue weighted by Crippen LogP contribution is 2.36. The van der Waals surface area contributed by atoms with Crippen molar-refractivity contribution in [1.82, 2.24) is 20.6 Å². The van der Waals surface area contributed by atoms with E-state index in [1.807, 2.05) is 0 Å². The summed E-state index contributed by atoms with van der Waals surface area (Å²) in [5.41, 5.74) is -0.390. The molecule has 2 heterocycles. The number of amides is 2. The molecule has 0 spiro atoms. The van der Waals surface area contributed by atoms with Gasteiger partial charge in [-0.3, -0.25) is 19.2 Å². The van der Waals surface area contributed by atoms with Crippen LogP contribution in [0.5, 0.6) is 5.75 Å². The van der Waals surface area contributed by atoms with E-state index in [0.29, 0.717) is 21.9 Å². The van der Waals surface area contributed by atoms with Crippen molar-refractivity contribution >= 4 is 46.4 Å². The second kappa shape index (κ2) is 19.1. The molecular formula is C40H31F5N4O7S2. The first-order valence-corrected chi connectivity index (χ1v) is 18.7. The molecule has 2 aromatic heterocycles. The molecular weight excluding hydrogens is 808 g/mol. The number of hydrogen-bond donors (Lipinski definition) is 4. The van der Waals surface area contributed by atoms with Crippen molar-refractivity contribution in [2.24, 2.45) is 0 Å². The normalized spacial score (nSPS) is 12.0. The Hall–Kier alpha value is -6.53. The van der Waals surface area contributed by atoms with Crippen LogP contribution in [-0.2, 0) is 15.8 Å². The van der Waals surface area contributed by atoms with Gasteiger partial charge in [0.15, 0.2) is 0 Å². The fraction of sp³-hybridized carbons (Fsp3) is 0.150. The fourth-order valence-electron chi connectivity index (χ4n) is 5.49. The number of carbonyl (C=O) groups is 4. The maximum absolute atomic E-state index is 13.9. The third-order valence-electron chi connectivity index (χ3n) is 8.19. The van der Waals surface area contributed by atoms with E-state index in [0.717, 1.165) is 34.8 Å². The van der Waals surface area contributed by atoms with Crippen molar-refractivity contribution in [3.05, 3.63) is 148 Å². The largest absolute Gasteiger partial charge is 0.497 e. The highest BCUT2D eigenvalue weighted by atomic mass is 32.1. The van der Waals surface area contributed by atoms with Crippen LogP contribution in [0.1, 0.15) is 62.6 Å². The lowest BCUT2D eigenvalue weighted by Gasteiger charge is -2.21. The summed E-state index contributed by atoms with van der Waals surface area (Å²) in [4.78, 5) is 55.9. The minimum atomic E-state index is -4.73. The number of halogens is 5. The Morgan fingerprint density at radius 3 is 1.67 bits per heavy atom. The van der Waals surface area contributed by atoms with Crippen LogP contribution >= 0.6 is 22.7 Å². The number of nitrogens with zero attached hydrogens (tertiary/aromatic N) is 2. The van der Waals surface area contributed by atoms with Gasteiger partial charge in [0.1, 0.15) is 38.8 Å². The summed E-state index contributed by atoms with van der Waals surface area (Å²) in [7, 11) is 1.50. The second-order valence-electron chi connectivity index (χ2n) is 12.1. The number of benzene rings is 4. The number of ether oxygens (including phenoxy) is 1. The first-order valence-electron chi connectivity index (χ1n) is 16.9. The van der Waals surface area contributed by atoms with Gasteiger partial charge in [-0.15, -0.1) is 22.7 Å². The number of rotatable bonds is 13. The minimum absolute atomic E-state index is 0.0986. The maximum atomic E-state index is 13.9. The van der Waals surface area contributed by atoms with Gasteiger partial charge in [0, 0.05) is 21.9 Å². The Morgan fingerprint density at radius 1 is 0.690 bits per heavy atom. The minimum Gasteiger partial charge on any atom is -0.497 e. The van der Waals surface area contributed by atoms with Gasteiger partial charge >= 0.3 is 18.1 Å². The molecule has 0 aliphatic carbocycles. The molecule has 58 heavy (non-hydrogen) atoms. The summed E-state index contributed by atoms with van der Waals surface area (Å²) < 4.78 is 73.0. The molecule has 0 aliphatic rings. The zero-order valence-corrected chi connectivity index (χ0v) is 31.6. The quantitative estimate of drug-likeness (QED) is 0.0831. The molecule has 0 saturated carbocycles. The summed E-state index contributed by atoms with van der Waals surface area (Å²) >= 11 is 2.12. The Morgan fingerprint density at radius 2 is 1.17 bits per heavy atom. The highest BCUT2D eigenvalue weighted by Gasteiger charge is 2.36. The Kier molecular flexibility index (Phi) is 14.0. The van der Waals surface area contributed by atoms with Crippen molar-refractivity contribution in [1.29, 1.82) is 0 Å². The van der Waals surface area contributed by atoms with Crippen LogP contribution in [0.2, 0.25) is 0 Å². The molecule has 4 aromatic carbocycles. The van der Waals surface area contributed by atoms with Gasteiger partial charge in [-0.1, -0.05) is 54.6 Å². The number of thiazole rings is 2. The van der Waals surface area contributed by atoms with Crippen LogP contribution in [0.3, 0.4) is 0 Å². The van der Waals surface area contributed by atoms with Gasteiger partial charge in [-0.25, -0.2) is 18.7 Å². The van der Waals surface area contributed by atoms with Crippen LogP contribution < -0.4 is 15.4 Å². The van der Waals surface area contributed by atoms with Crippen LogP contribution in [0.15, 0.2) is 108 Å². The van der Waals surface area contributed by atoms with Crippen molar-refractivity contribution in [2.45, 2.75) is 31.1 Å². The number of carboxylic acid groups (broad SMARTS) is 2. The van der Waals surface area contributed by atoms with Gasteiger partial charge in [0.05, 0.1) is 37.6 Å². The lowest BCUT2D eigenvalue weighted by molar-refractivity contribution is -0.140. The number of alkyl halides is 3. The molecule has 4 N–H and O–H groups in total. The van der Waals surface area contributed by atoms with E-state index in [2.05, 4.69) is 20.6 Å². The molecule has 300 valence electrons. The highest BCUT2D eigenvalue weighted by molar-refractivity contribution is 7.13. The lowest BCUT2D eigenvalue weighted by atomic mass is 9.97. The third-order valence-corrected chi connectivity index (χ3v) is 9.94. The molecule has 0 unspecified atom stereocenters. The smallest absolute Gasteiger partial charge is 0.416 e. The summed E-state index contributed by atoms with van der Waals surface area (Å²) in [5.74, 6) is -4.26. The van der Waals surface area contributed by atoms with E-state index in [9.17, 15) is 46.2 Å². The summed E-state index contributed by atoms with van der Waals surface area (Å²) in [6.45, 7) is 0. The van der Waals surface area contributed by atoms with E-state index in [4.69, 9.17) is 9.84 Å². The Balaban J connectivity index is 0.000000221. The number of aliphatic carboxylic acids is 2. The van der Waals surface area contributed by atoms with Crippen LogP contribution in [0.4, 0.5) is 22.0 Å². The van der Waals surface area contributed by atoms with Crippen molar-refractivity contribution < 1.29 is 56.1 Å². The molecule has 0 saturated heterocycles. The van der Waals surface area contributed by atoms with Crippen molar-refractivity contribution in [3.63, 3.8) is 0 Å². The van der Waals surface area contributed by atoms with E-state index in [1.165, 1.54) is 54.3 Å². The molecule has 6 aromatic rings. The van der Waals surface area contributed by atoms with Gasteiger partial charge < -0.3 is 25.6 Å². The number of carbonyl (C=O) groups excluding carboxylic acids is 2. The number of nitrogens with one attached hydrogen (secondary N) is 2. The molecule has 18 heteroatoms. The first kappa shape index (κ1) is 42.6. The zero-order chi connectivity index (χ0) is 42.0. The summed E-state index contributed by atoms with van der Waals surface area (Å²) in [5, 5.41) is 26.7. The SMILES string of the molecule is COc1cccc([C@H](CC(=O)O)NC(=O)c2csc(-c3ccccc3F)n2)c1.O=C(O)C[C@H](NC(=O)c1csc(-c2ccccc2F)n1)c1ccccc1C(F)(F)F. The average molecular weight is 839 g/mol. The topological polar surface area (TPSA) is 168 Å². The van der Waals surface area contributed by atoms with E-state index < -0.39 is 65.6 Å². The predicted molar refractivity (Wildman–Crippen MR) is 204 cm³/mol. The monoisotopic (exact) mass is 838 g/mol. The van der Waals surface area contributed by atoms with Gasteiger partial charge in [0.2, 0.25) is 0 Å². The van der Waals surface area contributed by atoms with Crippen LogP contribution in [0, 0.1) is 11.6 Å². The van der Waals surface area contributed by atoms with Crippen LogP contribution in [-0.4, -0.2) is 51.0 Å². The molecule has 0 radical (unpaired) electrons.